The minimum absolute atomic E-state index is 0.159. The standard InChI is InChI=1S/C18H21BrFN/c1-18(2,3)12-17(13-7-5-4-6-8-13)21-14-9-10-15(19)16(20)11-14/h4-11,17,21H,12H2,1-3H3. The molecule has 0 aromatic heterocycles. The lowest BCUT2D eigenvalue weighted by Gasteiger charge is -2.28. The first kappa shape index (κ1) is 16.0. The second-order valence-corrected chi connectivity index (χ2v) is 7.36. The van der Waals surface area contributed by atoms with E-state index in [-0.39, 0.29) is 17.3 Å². The van der Waals surface area contributed by atoms with Gasteiger partial charge in [-0.3, -0.25) is 0 Å². The number of rotatable bonds is 4. The Morgan fingerprint density at radius 3 is 2.33 bits per heavy atom. The molecule has 112 valence electrons. The minimum Gasteiger partial charge on any atom is -0.378 e. The van der Waals surface area contributed by atoms with Crippen molar-refractivity contribution < 1.29 is 4.39 Å². The van der Waals surface area contributed by atoms with Crippen LogP contribution in [-0.4, -0.2) is 0 Å². The number of nitrogens with one attached hydrogen (secondary N) is 1. The molecule has 2 aromatic carbocycles. The van der Waals surface area contributed by atoms with Crippen molar-refractivity contribution in [3.8, 4) is 0 Å². The first-order chi connectivity index (χ1) is 9.85. The average molecular weight is 350 g/mol. The lowest BCUT2D eigenvalue weighted by Crippen LogP contribution is -2.18. The fraction of sp³-hybridized carbons (Fsp3) is 0.333. The molecule has 2 rings (SSSR count). The van der Waals surface area contributed by atoms with E-state index >= 15 is 0 Å². The summed E-state index contributed by atoms with van der Waals surface area (Å²) in [6, 6.07) is 15.6. The van der Waals surface area contributed by atoms with E-state index in [1.54, 1.807) is 6.07 Å². The van der Waals surface area contributed by atoms with Crippen LogP contribution >= 0.6 is 15.9 Å². The van der Waals surface area contributed by atoms with Crippen LogP contribution in [0.5, 0.6) is 0 Å². The first-order valence-electron chi connectivity index (χ1n) is 7.12. The summed E-state index contributed by atoms with van der Waals surface area (Å²) in [5.41, 5.74) is 2.20. The molecule has 0 fully saturated rings. The highest BCUT2D eigenvalue weighted by Crippen LogP contribution is 2.32. The van der Waals surface area contributed by atoms with Gasteiger partial charge in [-0.25, -0.2) is 4.39 Å². The van der Waals surface area contributed by atoms with Gasteiger partial charge in [-0.1, -0.05) is 51.1 Å². The van der Waals surface area contributed by atoms with Crippen LogP contribution in [0.3, 0.4) is 0 Å². The van der Waals surface area contributed by atoms with Crippen LogP contribution < -0.4 is 5.32 Å². The second-order valence-electron chi connectivity index (χ2n) is 6.50. The van der Waals surface area contributed by atoms with E-state index in [1.165, 1.54) is 11.6 Å². The largest absolute Gasteiger partial charge is 0.378 e. The van der Waals surface area contributed by atoms with Crippen molar-refractivity contribution in [2.75, 3.05) is 5.32 Å². The lowest BCUT2D eigenvalue weighted by atomic mass is 9.85. The molecule has 0 bridgehead atoms. The van der Waals surface area contributed by atoms with Gasteiger partial charge in [0.2, 0.25) is 0 Å². The summed E-state index contributed by atoms with van der Waals surface area (Å²) in [4.78, 5) is 0. The monoisotopic (exact) mass is 349 g/mol. The van der Waals surface area contributed by atoms with Crippen molar-refractivity contribution >= 4 is 21.6 Å². The summed E-state index contributed by atoms with van der Waals surface area (Å²) >= 11 is 3.19. The van der Waals surface area contributed by atoms with Crippen molar-refractivity contribution in [2.45, 2.75) is 33.2 Å². The van der Waals surface area contributed by atoms with Crippen LogP contribution in [0, 0.1) is 11.2 Å². The summed E-state index contributed by atoms with van der Waals surface area (Å²) in [6.45, 7) is 6.65. The van der Waals surface area contributed by atoms with E-state index < -0.39 is 0 Å². The zero-order chi connectivity index (χ0) is 15.5. The molecule has 0 saturated carbocycles. The summed E-state index contributed by atoms with van der Waals surface area (Å²) in [5, 5.41) is 3.46. The Morgan fingerprint density at radius 1 is 1.10 bits per heavy atom. The number of anilines is 1. The van der Waals surface area contributed by atoms with Gasteiger partial charge in [0.05, 0.1) is 10.5 Å². The van der Waals surface area contributed by atoms with Gasteiger partial charge in [0.25, 0.3) is 0 Å². The smallest absolute Gasteiger partial charge is 0.139 e. The van der Waals surface area contributed by atoms with Gasteiger partial charge in [0.15, 0.2) is 0 Å². The predicted molar refractivity (Wildman–Crippen MR) is 91.0 cm³/mol. The Hall–Kier alpha value is -1.35. The van der Waals surface area contributed by atoms with Gasteiger partial charge in [-0.2, -0.15) is 0 Å². The third-order valence-electron chi connectivity index (χ3n) is 3.28. The maximum absolute atomic E-state index is 13.7. The molecule has 1 nitrogen and oxygen atoms in total. The molecule has 1 N–H and O–H groups in total. The van der Waals surface area contributed by atoms with E-state index in [0.717, 1.165) is 12.1 Å². The van der Waals surface area contributed by atoms with E-state index in [0.29, 0.717) is 4.47 Å². The van der Waals surface area contributed by atoms with Crippen LogP contribution in [0.15, 0.2) is 53.0 Å². The Balaban J connectivity index is 2.25. The average Bonchev–Trinajstić information content (AvgIpc) is 2.42. The predicted octanol–water partition coefficient (Wildman–Crippen LogP) is 6.18. The third-order valence-corrected chi connectivity index (χ3v) is 3.92. The lowest BCUT2D eigenvalue weighted by molar-refractivity contribution is 0.352. The maximum atomic E-state index is 13.7. The molecule has 0 spiro atoms. The highest BCUT2D eigenvalue weighted by Gasteiger charge is 2.20. The van der Waals surface area contributed by atoms with Gasteiger partial charge in [0, 0.05) is 5.69 Å². The highest BCUT2D eigenvalue weighted by molar-refractivity contribution is 9.10. The Morgan fingerprint density at radius 2 is 1.76 bits per heavy atom. The topological polar surface area (TPSA) is 12.0 Å². The Kier molecular flexibility index (Phi) is 5.04. The Labute approximate surface area is 134 Å². The fourth-order valence-electron chi connectivity index (χ4n) is 2.34. The number of halogens is 2. The number of hydrogen-bond acceptors (Lipinski definition) is 1. The quantitative estimate of drug-likeness (QED) is 0.694. The van der Waals surface area contributed by atoms with Gasteiger partial charge < -0.3 is 5.32 Å². The first-order valence-corrected chi connectivity index (χ1v) is 7.91. The van der Waals surface area contributed by atoms with E-state index in [9.17, 15) is 4.39 Å². The van der Waals surface area contributed by atoms with Gasteiger partial charge in [-0.15, -0.1) is 0 Å². The second kappa shape index (κ2) is 6.61. The van der Waals surface area contributed by atoms with Crippen LogP contribution in [0.1, 0.15) is 38.8 Å². The van der Waals surface area contributed by atoms with Crippen molar-refractivity contribution in [3.05, 3.63) is 64.4 Å². The molecule has 0 aliphatic rings. The number of benzene rings is 2. The van der Waals surface area contributed by atoms with Crippen LogP contribution in [0.2, 0.25) is 0 Å². The van der Waals surface area contributed by atoms with Crippen molar-refractivity contribution in [2.24, 2.45) is 5.41 Å². The highest BCUT2D eigenvalue weighted by atomic mass is 79.9. The molecule has 1 atom stereocenters. The zero-order valence-corrected chi connectivity index (χ0v) is 14.2. The summed E-state index contributed by atoms with van der Waals surface area (Å²) < 4.78 is 14.2. The molecular formula is C18H21BrFN. The van der Waals surface area contributed by atoms with E-state index in [1.807, 2.05) is 24.3 Å². The SMILES string of the molecule is CC(C)(C)CC(Nc1ccc(Br)c(F)c1)c1ccccc1. The van der Waals surface area contributed by atoms with Gasteiger partial charge in [0.1, 0.15) is 5.82 Å². The summed E-state index contributed by atoms with van der Waals surface area (Å²) in [7, 11) is 0. The molecule has 1 unspecified atom stereocenters. The summed E-state index contributed by atoms with van der Waals surface area (Å²) in [6.07, 6.45) is 0.967. The maximum Gasteiger partial charge on any atom is 0.139 e. The molecule has 0 radical (unpaired) electrons. The molecule has 21 heavy (non-hydrogen) atoms. The number of hydrogen-bond donors (Lipinski definition) is 1. The van der Waals surface area contributed by atoms with Crippen molar-refractivity contribution in [3.63, 3.8) is 0 Å². The molecule has 0 aliphatic heterocycles. The molecule has 2 aromatic rings. The molecule has 0 aliphatic carbocycles. The molecule has 0 heterocycles. The van der Waals surface area contributed by atoms with Gasteiger partial charge >= 0.3 is 0 Å². The Bertz CT molecular complexity index is 590. The normalized spacial score (nSPS) is 13.0. The van der Waals surface area contributed by atoms with Crippen LogP contribution in [0.25, 0.3) is 0 Å². The molecule has 0 saturated heterocycles. The minimum atomic E-state index is -0.248. The van der Waals surface area contributed by atoms with Crippen LogP contribution in [0.4, 0.5) is 10.1 Å². The molecular weight excluding hydrogens is 329 g/mol. The van der Waals surface area contributed by atoms with Crippen molar-refractivity contribution in [1.82, 2.24) is 0 Å². The molecule has 0 amide bonds. The third kappa shape index (κ3) is 4.85. The fourth-order valence-corrected chi connectivity index (χ4v) is 2.58. The summed E-state index contributed by atoms with van der Waals surface area (Å²) in [5.74, 6) is -0.248. The van der Waals surface area contributed by atoms with Crippen LogP contribution in [-0.2, 0) is 0 Å². The van der Waals surface area contributed by atoms with E-state index in [2.05, 4.69) is 54.2 Å². The zero-order valence-electron chi connectivity index (χ0n) is 12.7. The van der Waals surface area contributed by atoms with Gasteiger partial charge in [-0.05, 0) is 51.5 Å². The van der Waals surface area contributed by atoms with E-state index in [4.69, 9.17) is 0 Å². The van der Waals surface area contributed by atoms with Crippen molar-refractivity contribution in [1.29, 1.82) is 0 Å². The molecule has 3 heteroatoms.